The molecule has 4 nitrogen and oxygen atoms in total. The molecule has 0 fully saturated rings. The van der Waals surface area contributed by atoms with Crippen molar-refractivity contribution in [1.29, 1.82) is 0 Å². The molecule has 0 radical (unpaired) electrons. The van der Waals surface area contributed by atoms with Crippen molar-refractivity contribution in [2.24, 2.45) is 0 Å². The van der Waals surface area contributed by atoms with E-state index in [9.17, 15) is 9.59 Å². The van der Waals surface area contributed by atoms with Gasteiger partial charge >= 0.3 is 11.9 Å². The largest absolute Gasteiger partial charge is 0.481 e. The van der Waals surface area contributed by atoms with E-state index < -0.39 is 18.4 Å². The molecule has 0 aliphatic carbocycles. The summed E-state index contributed by atoms with van der Waals surface area (Å²) < 4.78 is 0. The van der Waals surface area contributed by atoms with Gasteiger partial charge in [-0.25, -0.2) is 4.79 Å². The maximum Gasteiger partial charge on any atom is 0.381 e. The van der Waals surface area contributed by atoms with E-state index in [1.165, 1.54) is 0 Å². The first-order valence-corrected chi connectivity index (χ1v) is 2.06. The van der Waals surface area contributed by atoms with E-state index in [-0.39, 0.29) is 0 Å². The number of rotatable bonds is 1. The Balaban J connectivity index is 3.63. The van der Waals surface area contributed by atoms with Gasteiger partial charge in [0, 0.05) is 5.92 Å². The van der Waals surface area contributed by atoms with Crippen molar-refractivity contribution in [1.82, 2.24) is 0 Å². The molecule has 48 valence electrons. The van der Waals surface area contributed by atoms with E-state index in [4.69, 9.17) is 10.2 Å². The Morgan fingerprint density at radius 3 is 2.22 bits per heavy atom. The van der Waals surface area contributed by atoms with Gasteiger partial charge < -0.3 is 10.2 Å². The molecule has 0 spiro atoms. The van der Waals surface area contributed by atoms with Crippen LogP contribution in [0.15, 0.2) is 0 Å². The highest BCUT2D eigenvalue weighted by atomic mass is 16.4. The Labute approximate surface area is 51.1 Å². The van der Waals surface area contributed by atoms with Gasteiger partial charge in [-0.2, -0.15) is 0 Å². The molecule has 0 aromatic rings. The quantitative estimate of drug-likeness (QED) is 0.469. The predicted octanol–water partition coefficient (Wildman–Crippen LogP) is -0.451. The monoisotopic (exact) mass is 128 g/mol. The fourth-order valence-corrected chi connectivity index (χ4v) is 0.195. The summed E-state index contributed by atoms with van der Waals surface area (Å²) in [4.78, 5) is 19.3. The minimum Gasteiger partial charge on any atom is -0.481 e. The zero-order valence-corrected chi connectivity index (χ0v) is 4.42. The molecule has 0 aromatic heterocycles. The van der Waals surface area contributed by atoms with Gasteiger partial charge in [0.15, 0.2) is 0 Å². The maximum atomic E-state index is 9.69. The summed E-state index contributed by atoms with van der Waals surface area (Å²) >= 11 is 0. The lowest BCUT2D eigenvalue weighted by Gasteiger charge is -1.75. The Morgan fingerprint density at radius 2 is 1.89 bits per heavy atom. The third-order valence-corrected chi connectivity index (χ3v) is 0.435. The van der Waals surface area contributed by atoms with Crippen LogP contribution in [0, 0.1) is 11.8 Å². The van der Waals surface area contributed by atoms with Crippen LogP contribution in [-0.2, 0) is 9.59 Å². The van der Waals surface area contributed by atoms with Crippen LogP contribution in [0.2, 0.25) is 0 Å². The smallest absolute Gasteiger partial charge is 0.381 e. The Morgan fingerprint density at radius 1 is 1.33 bits per heavy atom. The van der Waals surface area contributed by atoms with Crippen LogP contribution in [0.1, 0.15) is 6.42 Å². The van der Waals surface area contributed by atoms with E-state index in [2.05, 4.69) is 0 Å². The first-order valence-electron chi connectivity index (χ1n) is 2.06. The van der Waals surface area contributed by atoms with Gasteiger partial charge in [-0.05, 0) is 0 Å². The molecular formula is C5H4O4. The third-order valence-electron chi connectivity index (χ3n) is 0.435. The SMILES string of the molecule is O=C(O)C#CCC(=O)O. The molecule has 0 saturated heterocycles. The molecule has 0 amide bonds. The van der Waals surface area contributed by atoms with Crippen molar-refractivity contribution in [2.45, 2.75) is 6.42 Å². The van der Waals surface area contributed by atoms with Crippen molar-refractivity contribution in [3.8, 4) is 11.8 Å². The Hall–Kier alpha value is -1.50. The molecule has 9 heavy (non-hydrogen) atoms. The van der Waals surface area contributed by atoms with Crippen LogP contribution in [0.5, 0.6) is 0 Å². The van der Waals surface area contributed by atoms with E-state index >= 15 is 0 Å². The van der Waals surface area contributed by atoms with Gasteiger partial charge in [-0.3, -0.25) is 4.79 Å². The average Bonchev–Trinajstić information content (AvgIpc) is 1.63. The Bertz CT molecular complexity index is 183. The topological polar surface area (TPSA) is 74.6 Å². The summed E-state index contributed by atoms with van der Waals surface area (Å²) in [5.74, 6) is 1.17. The molecule has 0 atom stereocenters. The lowest BCUT2D eigenvalue weighted by molar-refractivity contribution is -0.135. The summed E-state index contributed by atoms with van der Waals surface area (Å²) in [5, 5.41) is 15.8. The van der Waals surface area contributed by atoms with E-state index in [1.807, 2.05) is 5.92 Å². The highest BCUT2D eigenvalue weighted by molar-refractivity contribution is 5.87. The second-order valence-corrected chi connectivity index (χ2v) is 1.18. The second-order valence-electron chi connectivity index (χ2n) is 1.18. The maximum absolute atomic E-state index is 9.69. The van der Waals surface area contributed by atoms with Crippen molar-refractivity contribution in [3.05, 3.63) is 0 Å². The molecule has 0 unspecified atom stereocenters. The zero-order chi connectivity index (χ0) is 7.28. The first-order chi connectivity index (χ1) is 4.13. The number of hydrogen-bond donors (Lipinski definition) is 2. The number of carbonyl (C=O) groups is 2. The lowest BCUT2D eigenvalue weighted by Crippen LogP contribution is -1.92. The van der Waals surface area contributed by atoms with Crippen LogP contribution < -0.4 is 0 Å². The van der Waals surface area contributed by atoms with E-state index in [0.717, 1.165) is 0 Å². The molecule has 0 aliphatic heterocycles. The van der Waals surface area contributed by atoms with Crippen LogP contribution in [-0.4, -0.2) is 22.2 Å². The normalized spacial score (nSPS) is 7.11. The fourth-order valence-electron chi connectivity index (χ4n) is 0.195. The standard InChI is InChI=1S/C5H4O4/c6-4(7)2-1-3-5(8)9/h2H2,(H,6,7)(H,8,9). The van der Waals surface area contributed by atoms with Crippen molar-refractivity contribution in [3.63, 3.8) is 0 Å². The molecular weight excluding hydrogens is 124 g/mol. The average molecular weight is 128 g/mol. The van der Waals surface area contributed by atoms with Gasteiger partial charge in [0.2, 0.25) is 0 Å². The summed E-state index contributed by atoms with van der Waals surface area (Å²) in [5.41, 5.74) is 0. The molecule has 2 N–H and O–H groups in total. The molecule has 0 bridgehead atoms. The molecule has 0 heterocycles. The third kappa shape index (κ3) is 6.50. The van der Waals surface area contributed by atoms with Crippen LogP contribution in [0.3, 0.4) is 0 Å². The minimum atomic E-state index is -1.31. The van der Waals surface area contributed by atoms with E-state index in [0.29, 0.717) is 0 Å². The van der Waals surface area contributed by atoms with Gasteiger partial charge in [0.05, 0.1) is 0 Å². The predicted molar refractivity (Wildman–Crippen MR) is 27.7 cm³/mol. The van der Waals surface area contributed by atoms with Crippen LogP contribution in [0.25, 0.3) is 0 Å². The van der Waals surface area contributed by atoms with Crippen molar-refractivity contribution >= 4 is 11.9 Å². The zero-order valence-electron chi connectivity index (χ0n) is 4.42. The van der Waals surface area contributed by atoms with Crippen LogP contribution >= 0.6 is 0 Å². The second kappa shape index (κ2) is 3.50. The lowest BCUT2D eigenvalue weighted by atomic mass is 10.4. The number of carboxylic acids is 2. The molecule has 0 aliphatic rings. The molecule has 4 heteroatoms. The number of aliphatic carboxylic acids is 2. The molecule has 0 rings (SSSR count). The van der Waals surface area contributed by atoms with Gasteiger partial charge in [0.1, 0.15) is 6.42 Å². The molecule has 0 aromatic carbocycles. The van der Waals surface area contributed by atoms with Crippen molar-refractivity contribution < 1.29 is 19.8 Å². The van der Waals surface area contributed by atoms with Gasteiger partial charge in [-0.1, -0.05) is 5.92 Å². The number of hydrogen-bond acceptors (Lipinski definition) is 2. The fraction of sp³-hybridized carbons (Fsp3) is 0.200. The minimum absolute atomic E-state index is 0.424. The highest BCUT2D eigenvalue weighted by Crippen LogP contribution is 1.72. The summed E-state index contributed by atoms with van der Waals surface area (Å²) in [6.45, 7) is 0. The van der Waals surface area contributed by atoms with Gasteiger partial charge in [-0.15, -0.1) is 0 Å². The molecule has 0 saturated carbocycles. The Kier molecular flexibility index (Phi) is 2.91. The first kappa shape index (κ1) is 7.50. The highest BCUT2D eigenvalue weighted by Gasteiger charge is 1.89. The number of carboxylic acid groups (broad SMARTS) is 2. The summed E-state index contributed by atoms with van der Waals surface area (Å²) in [6.07, 6.45) is -0.424. The van der Waals surface area contributed by atoms with E-state index in [1.54, 1.807) is 5.92 Å². The summed E-state index contributed by atoms with van der Waals surface area (Å²) in [6, 6.07) is 0. The summed E-state index contributed by atoms with van der Waals surface area (Å²) in [7, 11) is 0. The van der Waals surface area contributed by atoms with Crippen molar-refractivity contribution in [2.75, 3.05) is 0 Å². The van der Waals surface area contributed by atoms with Gasteiger partial charge in [0.25, 0.3) is 0 Å². The van der Waals surface area contributed by atoms with Crippen LogP contribution in [0.4, 0.5) is 0 Å².